The fourth-order valence-electron chi connectivity index (χ4n) is 4.21. The Hall–Kier alpha value is -2.97. The average Bonchev–Trinajstić information content (AvgIpc) is 3.11. The second-order valence-corrected chi connectivity index (χ2v) is 8.06. The molecule has 0 spiro atoms. The van der Waals surface area contributed by atoms with Crippen LogP contribution in [0.3, 0.4) is 0 Å². The molecule has 2 amide bonds. The highest BCUT2D eigenvalue weighted by Crippen LogP contribution is 2.40. The topological polar surface area (TPSA) is 62.5 Å². The van der Waals surface area contributed by atoms with Gasteiger partial charge in [-0.1, -0.05) is 12.1 Å². The number of amides is 2. The number of hydrogen-bond acceptors (Lipinski definition) is 4. The first-order chi connectivity index (χ1) is 14.5. The lowest BCUT2D eigenvalue weighted by Crippen LogP contribution is -2.53. The monoisotopic (exact) mass is 424 g/mol. The van der Waals surface area contributed by atoms with Crippen molar-refractivity contribution in [2.75, 3.05) is 16.3 Å². The van der Waals surface area contributed by atoms with Crippen LogP contribution in [0.4, 0.5) is 25.0 Å². The molecule has 1 atom stereocenters. The predicted octanol–water partition coefficient (Wildman–Crippen LogP) is 4.75. The smallest absolute Gasteiger partial charge is 0.294 e. The molecule has 5 rings (SSSR count). The van der Waals surface area contributed by atoms with E-state index in [0.29, 0.717) is 23.6 Å². The van der Waals surface area contributed by atoms with E-state index < -0.39 is 0 Å². The highest BCUT2D eigenvalue weighted by atomic mass is 32.2. The molecule has 1 unspecified atom stereocenters. The number of rotatable bonds is 3. The Balaban J connectivity index is 1.44. The number of aromatic nitrogens is 1. The van der Waals surface area contributed by atoms with Gasteiger partial charge < -0.3 is 0 Å². The van der Waals surface area contributed by atoms with Crippen LogP contribution in [-0.2, 0) is 6.42 Å². The number of pyridine rings is 1. The number of anilines is 2. The number of carbonyl (C=O) groups excluding carboxylic acids is 1. The van der Waals surface area contributed by atoms with Crippen molar-refractivity contribution in [1.29, 1.82) is 0 Å². The van der Waals surface area contributed by atoms with Gasteiger partial charge in [0.25, 0.3) is 0 Å². The van der Waals surface area contributed by atoms with Gasteiger partial charge in [0.2, 0.25) is 0 Å². The number of nitrogens with zero attached hydrogens (tertiary/aromatic N) is 3. The summed E-state index contributed by atoms with van der Waals surface area (Å²) in [6.45, 7) is 0.576. The Morgan fingerprint density at radius 2 is 1.90 bits per heavy atom. The van der Waals surface area contributed by atoms with Gasteiger partial charge in [-0.3, -0.25) is 19.9 Å². The predicted molar refractivity (Wildman–Crippen MR) is 113 cm³/mol. The second-order valence-electron chi connectivity index (χ2n) is 7.39. The average molecular weight is 424 g/mol. The van der Waals surface area contributed by atoms with Crippen molar-refractivity contribution in [1.82, 2.24) is 4.98 Å². The minimum Gasteiger partial charge on any atom is -0.294 e. The molecule has 0 bridgehead atoms. The number of halogens is 2. The van der Waals surface area contributed by atoms with Crippen molar-refractivity contribution in [3.63, 3.8) is 0 Å². The molecule has 1 saturated heterocycles. The standard InChI is InChI=1S/C22H18F2N4OS/c23-15-5-7-26-19(11-15)13-1-3-16(4-2-13)27-8-6-17-9-14-10-18(24)21(30-25)12-20(14)28(17)22(27)29/h1-5,7,10-12,17H,6,8-9,25H2. The van der Waals surface area contributed by atoms with Gasteiger partial charge >= 0.3 is 6.03 Å². The van der Waals surface area contributed by atoms with Crippen molar-refractivity contribution < 1.29 is 13.6 Å². The molecule has 0 radical (unpaired) electrons. The third-order valence-corrected chi connectivity index (χ3v) is 6.23. The molecule has 2 aromatic carbocycles. The molecule has 2 N–H and O–H groups in total. The molecule has 30 heavy (non-hydrogen) atoms. The van der Waals surface area contributed by atoms with Gasteiger partial charge in [0.15, 0.2) is 0 Å². The minimum absolute atomic E-state index is 0.0249. The second kappa shape index (κ2) is 7.37. The minimum atomic E-state index is -0.355. The van der Waals surface area contributed by atoms with Gasteiger partial charge in [-0.15, -0.1) is 0 Å². The summed E-state index contributed by atoms with van der Waals surface area (Å²) in [5.74, 6) is -0.701. The summed E-state index contributed by atoms with van der Waals surface area (Å²) in [4.78, 5) is 21.3. The van der Waals surface area contributed by atoms with Crippen LogP contribution in [0.5, 0.6) is 0 Å². The molecular weight excluding hydrogens is 406 g/mol. The normalized spacial score (nSPS) is 17.8. The van der Waals surface area contributed by atoms with E-state index >= 15 is 0 Å². The lowest BCUT2D eigenvalue weighted by molar-refractivity contribution is 0.245. The first-order valence-electron chi connectivity index (χ1n) is 9.57. The van der Waals surface area contributed by atoms with Crippen molar-refractivity contribution >= 4 is 29.4 Å². The van der Waals surface area contributed by atoms with Crippen LogP contribution in [0, 0.1) is 11.6 Å². The first kappa shape index (κ1) is 19.0. The molecule has 5 nitrogen and oxygen atoms in total. The molecule has 2 aliphatic heterocycles. The van der Waals surface area contributed by atoms with Crippen LogP contribution in [0.25, 0.3) is 11.3 Å². The Kier molecular flexibility index (Phi) is 4.67. The fraction of sp³-hybridized carbons (Fsp3) is 0.182. The van der Waals surface area contributed by atoms with Crippen LogP contribution in [0.15, 0.2) is 59.6 Å². The van der Waals surface area contributed by atoms with Crippen LogP contribution in [0.1, 0.15) is 12.0 Å². The van der Waals surface area contributed by atoms with E-state index in [1.807, 2.05) is 24.3 Å². The van der Waals surface area contributed by atoms with Crippen molar-refractivity contribution in [2.45, 2.75) is 23.8 Å². The van der Waals surface area contributed by atoms with Crippen LogP contribution >= 0.6 is 11.9 Å². The van der Waals surface area contributed by atoms with Gasteiger partial charge in [-0.25, -0.2) is 13.6 Å². The zero-order chi connectivity index (χ0) is 20.8. The molecule has 1 aromatic heterocycles. The highest BCUT2D eigenvalue weighted by Gasteiger charge is 2.41. The molecule has 152 valence electrons. The molecule has 1 fully saturated rings. The third-order valence-electron chi connectivity index (χ3n) is 5.66. The van der Waals surface area contributed by atoms with E-state index in [-0.39, 0.29) is 23.7 Å². The zero-order valence-electron chi connectivity index (χ0n) is 15.9. The summed E-state index contributed by atoms with van der Waals surface area (Å²) in [6, 6.07) is 13.0. The number of nitrogens with two attached hydrogens (primary N) is 1. The lowest BCUT2D eigenvalue weighted by Gasteiger charge is -2.38. The molecule has 3 heterocycles. The van der Waals surface area contributed by atoms with Gasteiger partial charge in [0.1, 0.15) is 11.6 Å². The van der Waals surface area contributed by atoms with Gasteiger partial charge in [0.05, 0.1) is 16.3 Å². The van der Waals surface area contributed by atoms with Gasteiger partial charge in [-0.2, -0.15) is 0 Å². The van der Waals surface area contributed by atoms with E-state index in [2.05, 4.69) is 4.98 Å². The van der Waals surface area contributed by atoms with Gasteiger partial charge in [0, 0.05) is 36.1 Å². The first-order valence-corrected chi connectivity index (χ1v) is 10.4. The summed E-state index contributed by atoms with van der Waals surface area (Å²) in [5.41, 5.74) is 3.62. The van der Waals surface area contributed by atoms with E-state index in [0.717, 1.165) is 40.9 Å². The summed E-state index contributed by atoms with van der Waals surface area (Å²) < 4.78 is 27.6. The number of carbonyl (C=O) groups is 1. The Morgan fingerprint density at radius 3 is 2.63 bits per heavy atom. The Bertz CT molecular complexity index is 1140. The quantitative estimate of drug-likeness (QED) is 0.616. The summed E-state index contributed by atoms with van der Waals surface area (Å²) in [5, 5.41) is 5.57. The van der Waals surface area contributed by atoms with Crippen molar-refractivity contribution in [3.8, 4) is 11.3 Å². The molecule has 8 heteroatoms. The maximum Gasteiger partial charge on any atom is 0.329 e. The summed E-state index contributed by atoms with van der Waals surface area (Å²) in [7, 11) is 0. The maximum atomic E-state index is 14.1. The van der Waals surface area contributed by atoms with Crippen LogP contribution in [0.2, 0.25) is 0 Å². The molecular formula is C22H18F2N4OS. The zero-order valence-corrected chi connectivity index (χ0v) is 16.7. The lowest BCUT2D eigenvalue weighted by atomic mass is 10.1. The largest absolute Gasteiger partial charge is 0.329 e. The molecule has 3 aromatic rings. The number of hydrogen-bond donors (Lipinski definition) is 1. The Morgan fingerprint density at radius 1 is 1.10 bits per heavy atom. The summed E-state index contributed by atoms with van der Waals surface area (Å²) in [6.07, 6.45) is 2.85. The van der Waals surface area contributed by atoms with Crippen LogP contribution in [-0.4, -0.2) is 23.6 Å². The number of urea groups is 1. The van der Waals surface area contributed by atoms with E-state index in [1.165, 1.54) is 24.4 Å². The van der Waals surface area contributed by atoms with E-state index in [9.17, 15) is 13.6 Å². The number of fused-ring (bicyclic) bond motifs is 3. The Labute approximate surface area is 176 Å². The van der Waals surface area contributed by atoms with Gasteiger partial charge in [-0.05, 0) is 60.7 Å². The molecule has 2 aliphatic rings. The maximum absolute atomic E-state index is 14.1. The van der Waals surface area contributed by atoms with Crippen molar-refractivity contribution in [3.05, 3.63) is 71.9 Å². The van der Waals surface area contributed by atoms with E-state index in [4.69, 9.17) is 5.14 Å². The molecule has 0 aliphatic carbocycles. The van der Waals surface area contributed by atoms with Crippen LogP contribution < -0.4 is 14.9 Å². The SMILES string of the molecule is NSc1cc2c(cc1F)CC1CCN(c3ccc(-c4cc(F)ccn4)cc3)C(=O)N21. The highest BCUT2D eigenvalue weighted by molar-refractivity contribution is 7.97. The third kappa shape index (κ3) is 3.12. The fourth-order valence-corrected chi connectivity index (χ4v) is 4.56. The summed E-state index contributed by atoms with van der Waals surface area (Å²) >= 11 is 0.841. The van der Waals surface area contributed by atoms with E-state index in [1.54, 1.807) is 15.9 Å². The molecule has 0 saturated carbocycles. The number of benzene rings is 2. The van der Waals surface area contributed by atoms with Crippen molar-refractivity contribution in [2.24, 2.45) is 5.14 Å².